The molecule has 2 heteroatoms. The molecule has 1 aromatic rings. The van der Waals surface area contributed by atoms with Crippen molar-refractivity contribution in [3.05, 3.63) is 29.8 Å². The molecule has 0 amide bonds. The molecule has 0 aromatic heterocycles. The van der Waals surface area contributed by atoms with Crippen LogP contribution in [0.1, 0.15) is 32.8 Å². The molecule has 0 saturated carbocycles. The Labute approximate surface area is 104 Å². The molecule has 1 unspecified atom stereocenters. The van der Waals surface area contributed by atoms with Gasteiger partial charge < -0.3 is 10.1 Å². The highest BCUT2D eigenvalue weighted by atomic mass is 16.5. The van der Waals surface area contributed by atoms with Crippen molar-refractivity contribution in [2.24, 2.45) is 5.41 Å². The summed E-state index contributed by atoms with van der Waals surface area (Å²) in [5.74, 6) is 0.931. The van der Waals surface area contributed by atoms with E-state index < -0.39 is 0 Å². The molecule has 94 valence electrons. The molecule has 1 N–H and O–H groups in total. The fraction of sp³-hybridized carbons (Fsp3) is 0.600. The maximum absolute atomic E-state index is 5.21. The van der Waals surface area contributed by atoms with Gasteiger partial charge in [-0.1, -0.05) is 32.9 Å². The predicted octanol–water partition coefficient (Wildman–Crippen LogP) is 2.97. The molecular weight excluding hydrogens is 210 g/mol. The molecule has 2 nitrogen and oxygen atoms in total. The van der Waals surface area contributed by atoms with Crippen molar-refractivity contribution in [2.45, 2.75) is 32.6 Å². The molecule has 1 aliphatic rings. The maximum atomic E-state index is 5.21. The van der Waals surface area contributed by atoms with Gasteiger partial charge in [-0.2, -0.15) is 0 Å². The van der Waals surface area contributed by atoms with Crippen molar-refractivity contribution < 1.29 is 4.74 Å². The van der Waals surface area contributed by atoms with E-state index in [0.717, 1.165) is 18.8 Å². The zero-order valence-corrected chi connectivity index (χ0v) is 11.3. The van der Waals surface area contributed by atoms with E-state index in [2.05, 4.69) is 50.4 Å². The summed E-state index contributed by atoms with van der Waals surface area (Å²) in [5, 5.41) is 3.56. The number of rotatable bonds is 2. The van der Waals surface area contributed by atoms with Crippen LogP contribution in [0.2, 0.25) is 0 Å². The Hall–Kier alpha value is -1.02. The van der Waals surface area contributed by atoms with Crippen LogP contribution in [-0.2, 0) is 5.41 Å². The first kappa shape index (κ1) is 12.4. The van der Waals surface area contributed by atoms with Crippen molar-refractivity contribution in [3.8, 4) is 5.75 Å². The minimum absolute atomic E-state index is 0.230. The van der Waals surface area contributed by atoms with Crippen LogP contribution in [-0.4, -0.2) is 20.2 Å². The van der Waals surface area contributed by atoms with Gasteiger partial charge in [0.2, 0.25) is 0 Å². The van der Waals surface area contributed by atoms with Crippen LogP contribution < -0.4 is 10.1 Å². The number of piperidine rings is 1. The van der Waals surface area contributed by atoms with Crippen LogP contribution in [0, 0.1) is 5.41 Å². The van der Waals surface area contributed by atoms with Crippen molar-refractivity contribution in [1.29, 1.82) is 0 Å². The lowest BCUT2D eigenvalue weighted by atomic mass is 9.67. The lowest BCUT2D eigenvalue weighted by Crippen LogP contribution is -2.49. The summed E-state index contributed by atoms with van der Waals surface area (Å²) in [7, 11) is 1.71. The highest BCUT2D eigenvalue weighted by Gasteiger charge is 2.37. The van der Waals surface area contributed by atoms with Crippen LogP contribution >= 0.6 is 0 Å². The van der Waals surface area contributed by atoms with Gasteiger partial charge in [0.15, 0.2) is 0 Å². The quantitative estimate of drug-likeness (QED) is 0.848. The summed E-state index contributed by atoms with van der Waals surface area (Å²) in [5.41, 5.74) is 2.00. The average Bonchev–Trinajstić information content (AvgIpc) is 2.27. The molecule has 1 aromatic carbocycles. The van der Waals surface area contributed by atoms with Gasteiger partial charge in [-0.3, -0.25) is 0 Å². The maximum Gasteiger partial charge on any atom is 0.118 e. The molecular formula is C15H23NO. The summed E-state index contributed by atoms with van der Waals surface area (Å²) in [6, 6.07) is 8.51. The van der Waals surface area contributed by atoms with Crippen molar-refractivity contribution in [2.75, 3.05) is 20.2 Å². The van der Waals surface area contributed by atoms with Crippen LogP contribution in [0.3, 0.4) is 0 Å². The van der Waals surface area contributed by atoms with E-state index in [1.165, 1.54) is 12.0 Å². The van der Waals surface area contributed by atoms with E-state index >= 15 is 0 Å². The first-order chi connectivity index (χ1) is 7.95. The number of nitrogens with one attached hydrogen (secondary N) is 1. The Balaban J connectivity index is 2.24. The van der Waals surface area contributed by atoms with E-state index in [-0.39, 0.29) is 5.41 Å². The summed E-state index contributed by atoms with van der Waals surface area (Å²) >= 11 is 0. The first-order valence-electron chi connectivity index (χ1n) is 6.31. The third-order valence-corrected chi connectivity index (χ3v) is 3.77. The lowest BCUT2D eigenvalue weighted by Gasteiger charge is -2.43. The van der Waals surface area contributed by atoms with Crippen molar-refractivity contribution >= 4 is 0 Å². The van der Waals surface area contributed by atoms with Crippen LogP contribution in [0.5, 0.6) is 5.75 Å². The second-order valence-electron chi connectivity index (χ2n) is 6.23. The van der Waals surface area contributed by atoms with E-state index in [0.29, 0.717) is 5.41 Å². The zero-order chi connectivity index (χ0) is 12.5. The molecule has 1 aliphatic heterocycles. The van der Waals surface area contributed by atoms with Gasteiger partial charge >= 0.3 is 0 Å². The smallest absolute Gasteiger partial charge is 0.118 e. The molecule has 0 spiro atoms. The normalized spacial score (nSPS) is 27.8. The third kappa shape index (κ3) is 2.63. The highest BCUT2D eigenvalue weighted by molar-refractivity contribution is 5.33. The molecule has 1 saturated heterocycles. The van der Waals surface area contributed by atoms with Crippen molar-refractivity contribution in [3.63, 3.8) is 0 Å². The van der Waals surface area contributed by atoms with Gasteiger partial charge in [0.05, 0.1) is 7.11 Å². The number of methoxy groups -OCH3 is 1. The van der Waals surface area contributed by atoms with Gasteiger partial charge in [0, 0.05) is 18.5 Å². The van der Waals surface area contributed by atoms with Gasteiger partial charge in [-0.15, -0.1) is 0 Å². The standard InChI is InChI=1S/C15H23NO/c1-14(2)9-15(3,11-16-10-14)12-5-7-13(17-4)8-6-12/h5-8,16H,9-11H2,1-4H3. The Morgan fingerprint density at radius 3 is 2.24 bits per heavy atom. The largest absolute Gasteiger partial charge is 0.497 e. The summed E-state index contributed by atoms with van der Waals surface area (Å²) in [4.78, 5) is 0. The fourth-order valence-electron chi connectivity index (χ4n) is 3.06. The summed E-state index contributed by atoms with van der Waals surface area (Å²) in [6.45, 7) is 9.19. The molecule has 1 atom stereocenters. The minimum Gasteiger partial charge on any atom is -0.497 e. The van der Waals surface area contributed by atoms with Gasteiger partial charge in [-0.05, 0) is 29.5 Å². The third-order valence-electron chi connectivity index (χ3n) is 3.77. The monoisotopic (exact) mass is 233 g/mol. The van der Waals surface area contributed by atoms with E-state index in [4.69, 9.17) is 4.74 Å². The van der Waals surface area contributed by atoms with E-state index in [9.17, 15) is 0 Å². The number of hydrogen-bond donors (Lipinski definition) is 1. The van der Waals surface area contributed by atoms with Crippen LogP contribution in [0.25, 0.3) is 0 Å². The van der Waals surface area contributed by atoms with Gasteiger partial charge in [0.25, 0.3) is 0 Å². The predicted molar refractivity (Wildman–Crippen MR) is 71.6 cm³/mol. The zero-order valence-electron chi connectivity index (χ0n) is 11.3. The number of benzene rings is 1. The highest BCUT2D eigenvalue weighted by Crippen LogP contribution is 2.39. The molecule has 0 radical (unpaired) electrons. The second-order valence-corrected chi connectivity index (χ2v) is 6.23. The molecule has 0 bridgehead atoms. The Morgan fingerprint density at radius 1 is 1.06 bits per heavy atom. The molecule has 0 aliphatic carbocycles. The number of ether oxygens (including phenoxy) is 1. The van der Waals surface area contributed by atoms with Gasteiger partial charge in [-0.25, -0.2) is 0 Å². The Kier molecular flexibility index (Phi) is 3.17. The Bertz CT molecular complexity index is 382. The van der Waals surface area contributed by atoms with E-state index in [1.54, 1.807) is 7.11 Å². The molecule has 2 rings (SSSR count). The molecule has 1 fully saturated rings. The van der Waals surface area contributed by atoms with Crippen LogP contribution in [0.4, 0.5) is 0 Å². The van der Waals surface area contributed by atoms with E-state index in [1.807, 2.05) is 0 Å². The average molecular weight is 233 g/mol. The lowest BCUT2D eigenvalue weighted by molar-refractivity contribution is 0.180. The van der Waals surface area contributed by atoms with Gasteiger partial charge in [0.1, 0.15) is 5.75 Å². The second kappa shape index (κ2) is 4.34. The molecule has 17 heavy (non-hydrogen) atoms. The Morgan fingerprint density at radius 2 is 1.71 bits per heavy atom. The number of hydrogen-bond acceptors (Lipinski definition) is 2. The van der Waals surface area contributed by atoms with Crippen molar-refractivity contribution in [1.82, 2.24) is 5.32 Å². The topological polar surface area (TPSA) is 21.3 Å². The summed E-state index contributed by atoms with van der Waals surface area (Å²) in [6.07, 6.45) is 1.22. The SMILES string of the molecule is COc1ccc(C2(C)CNCC(C)(C)C2)cc1. The fourth-order valence-corrected chi connectivity index (χ4v) is 3.06. The molecule has 1 heterocycles. The summed E-state index contributed by atoms with van der Waals surface area (Å²) < 4.78 is 5.21. The minimum atomic E-state index is 0.230. The van der Waals surface area contributed by atoms with Crippen LogP contribution in [0.15, 0.2) is 24.3 Å². The first-order valence-corrected chi connectivity index (χ1v) is 6.31.